The van der Waals surface area contributed by atoms with Gasteiger partial charge in [-0.2, -0.15) is 74.6 Å². The van der Waals surface area contributed by atoms with E-state index in [1.165, 1.54) is 12.1 Å². The lowest BCUT2D eigenvalue weighted by Gasteiger charge is -2.42. The molecule has 0 amide bonds. The molecule has 1 aromatic rings. The quantitative estimate of drug-likeness (QED) is 0.0998. The molecule has 0 unspecified atom stereocenters. The molecule has 0 atom stereocenters. The zero-order valence-electron chi connectivity index (χ0n) is 23.3. The predicted molar refractivity (Wildman–Crippen MR) is 125 cm³/mol. The van der Waals surface area contributed by atoms with Crippen molar-refractivity contribution in [1.29, 1.82) is 0 Å². The fourth-order valence-corrected chi connectivity index (χ4v) is 3.71. The molecule has 264 valence electrons. The van der Waals surface area contributed by atoms with E-state index in [-0.39, 0.29) is 12.4 Å². The summed E-state index contributed by atoms with van der Waals surface area (Å²) in [6, 6.07) is 4.46. The van der Waals surface area contributed by atoms with Crippen molar-refractivity contribution in [3.8, 4) is 11.5 Å². The Hall–Kier alpha value is -2.37. The number of benzene rings is 1. The first kappa shape index (κ1) is 40.7. The van der Waals surface area contributed by atoms with Crippen LogP contribution in [0.4, 0.5) is 74.6 Å². The van der Waals surface area contributed by atoms with E-state index in [1.807, 2.05) is 0 Å². The fraction of sp³-hybridized carbons (Fsp3) is 0.769. The first-order chi connectivity index (χ1) is 20.3. The Morgan fingerprint density at radius 3 is 1.16 bits per heavy atom. The molecule has 0 aliphatic rings. The van der Waals surface area contributed by atoms with Crippen LogP contribution in [0.1, 0.15) is 64.7 Å². The smallest absolute Gasteiger partial charge is 0.460 e. The molecular weight excluding hydrogens is 667 g/mol. The van der Waals surface area contributed by atoms with E-state index in [9.17, 15) is 74.6 Å². The molecular formula is C26H29F17O2. The van der Waals surface area contributed by atoms with Crippen LogP contribution in [0, 0.1) is 0 Å². The Morgan fingerprint density at radius 2 is 0.756 bits per heavy atom. The van der Waals surface area contributed by atoms with Crippen molar-refractivity contribution in [2.24, 2.45) is 0 Å². The average molecular weight is 696 g/mol. The highest BCUT2D eigenvalue weighted by Gasteiger charge is 2.95. The van der Waals surface area contributed by atoms with E-state index in [2.05, 4.69) is 11.7 Å². The number of hydrogen-bond donors (Lipinski definition) is 0. The molecule has 0 N–H and O–H groups in total. The number of alkyl halides is 17. The molecule has 0 saturated heterocycles. The topological polar surface area (TPSA) is 18.5 Å². The third-order valence-electron chi connectivity index (χ3n) is 6.56. The van der Waals surface area contributed by atoms with Crippen LogP contribution in [0.5, 0.6) is 11.5 Å². The third kappa shape index (κ3) is 8.32. The van der Waals surface area contributed by atoms with E-state index < -0.39 is 66.4 Å². The van der Waals surface area contributed by atoms with Crippen molar-refractivity contribution in [3.05, 3.63) is 24.3 Å². The summed E-state index contributed by atoms with van der Waals surface area (Å²) in [6.07, 6.45) is -2.33. The fourth-order valence-electron chi connectivity index (χ4n) is 3.71. The summed E-state index contributed by atoms with van der Waals surface area (Å²) in [5, 5.41) is 0. The van der Waals surface area contributed by atoms with Gasteiger partial charge in [-0.25, -0.2) is 0 Å². The van der Waals surface area contributed by atoms with Gasteiger partial charge in [0.25, 0.3) is 0 Å². The maximum atomic E-state index is 14.0. The van der Waals surface area contributed by atoms with Crippen LogP contribution in [-0.2, 0) is 0 Å². The molecule has 1 aromatic carbocycles. The van der Waals surface area contributed by atoms with Gasteiger partial charge in [-0.3, -0.25) is 0 Å². The van der Waals surface area contributed by atoms with Gasteiger partial charge in [0.2, 0.25) is 0 Å². The van der Waals surface area contributed by atoms with Crippen LogP contribution in [0.3, 0.4) is 0 Å². The number of rotatable bonds is 20. The zero-order valence-corrected chi connectivity index (χ0v) is 23.3. The molecule has 0 saturated carbocycles. The first-order valence-corrected chi connectivity index (χ1v) is 13.3. The van der Waals surface area contributed by atoms with Crippen molar-refractivity contribution in [2.75, 3.05) is 13.2 Å². The molecule has 0 aliphatic heterocycles. The minimum atomic E-state index is -8.64. The second-order valence-electron chi connectivity index (χ2n) is 10.0. The summed E-state index contributed by atoms with van der Waals surface area (Å²) >= 11 is 0. The van der Waals surface area contributed by atoms with E-state index >= 15 is 0 Å². The van der Waals surface area contributed by atoms with Crippen molar-refractivity contribution in [3.63, 3.8) is 0 Å². The molecule has 19 heteroatoms. The minimum Gasteiger partial charge on any atom is -0.494 e. The summed E-state index contributed by atoms with van der Waals surface area (Å²) in [5.41, 5.74) is 0. The second kappa shape index (κ2) is 14.6. The van der Waals surface area contributed by atoms with Gasteiger partial charge in [0.05, 0.1) is 19.6 Å². The van der Waals surface area contributed by atoms with Gasteiger partial charge in [0.1, 0.15) is 11.5 Å². The Kier molecular flexibility index (Phi) is 13.2. The standard InChI is InChI=1S/C26H29F17O2/c1-2-3-4-5-6-7-8-9-15-44-17-10-12-18(13-11-17)45-16-14-19(27,28)20(29,30)21(31,32)22(33,34)23(35,36)24(37,38)25(39,40)26(41,42)43/h10-13H,2-9,14-16H2,1H3. The van der Waals surface area contributed by atoms with Gasteiger partial charge in [-0.05, 0) is 30.7 Å². The summed E-state index contributed by atoms with van der Waals surface area (Å²) in [4.78, 5) is 0. The van der Waals surface area contributed by atoms with E-state index in [0.717, 1.165) is 57.1 Å². The summed E-state index contributed by atoms with van der Waals surface area (Å²) in [7, 11) is 0. The Labute approximate surface area is 246 Å². The molecule has 0 fully saturated rings. The third-order valence-corrected chi connectivity index (χ3v) is 6.56. The molecule has 0 bridgehead atoms. The van der Waals surface area contributed by atoms with Gasteiger partial charge in [0.15, 0.2) is 0 Å². The maximum absolute atomic E-state index is 14.0. The van der Waals surface area contributed by atoms with Gasteiger partial charge in [0, 0.05) is 0 Å². The molecule has 0 spiro atoms. The second-order valence-corrected chi connectivity index (χ2v) is 10.0. The largest absolute Gasteiger partial charge is 0.494 e. The molecule has 2 nitrogen and oxygen atoms in total. The van der Waals surface area contributed by atoms with Crippen molar-refractivity contribution in [2.45, 2.75) is 112 Å². The maximum Gasteiger partial charge on any atom is 0.460 e. The van der Waals surface area contributed by atoms with Crippen LogP contribution in [0.15, 0.2) is 24.3 Å². The van der Waals surface area contributed by atoms with Crippen LogP contribution in [0.25, 0.3) is 0 Å². The Bertz CT molecular complexity index is 1040. The Balaban J connectivity index is 2.86. The van der Waals surface area contributed by atoms with Gasteiger partial charge < -0.3 is 9.47 Å². The van der Waals surface area contributed by atoms with E-state index in [4.69, 9.17) is 4.74 Å². The molecule has 0 aromatic heterocycles. The molecule has 0 radical (unpaired) electrons. The highest BCUT2D eigenvalue weighted by atomic mass is 19.4. The minimum absolute atomic E-state index is 0.234. The van der Waals surface area contributed by atoms with Gasteiger partial charge in [-0.1, -0.05) is 51.9 Å². The summed E-state index contributed by atoms with van der Waals surface area (Å²) in [5.74, 6) is -56.6. The Morgan fingerprint density at radius 1 is 0.422 bits per heavy atom. The summed E-state index contributed by atoms with van der Waals surface area (Å²) in [6.45, 7) is 0.668. The molecule has 0 heterocycles. The number of hydrogen-bond acceptors (Lipinski definition) is 2. The van der Waals surface area contributed by atoms with Crippen molar-refractivity contribution >= 4 is 0 Å². The first-order valence-electron chi connectivity index (χ1n) is 13.3. The van der Waals surface area contributed by atoms with Crippen LogP contribution in [-0.4, -0.2) is 60.8 Å². The molecule has 45 heavy (non-hydrogen) atoms. The number of ether oxygens (including phenoxy) is 2. The monoisotopic (exact) mass is 696 g/mol. The molecule has 1 rings (SSSR count). The van der Waals surface area contributed by atoms with Crippen LogP contribution >= 0.6 is 0 Å². The zero-order chi connectivity index (χ0) is 35.2. The highest BCUT2D eigenvalue weighted by Crippen LogP contribution is 2.64. The molecule has 0 aliphatic carbocycles. The lowest BCUT2D eigenvalue weighted by atomic mass is 9.88. The number of halogens is 17. The van der Waals surface area contributed by atoms with Gasteiger partial charge >= 0.3 is 47.6 Å². The van der Waals surface area contributed by atoms with Crippen LogP contribution < -0.4 is 9.47 Å². The van der Waals surface area contributed by atoms with Crippen LogP contribution in [0.2, 0.25) is 0 Å². The number of unbranched alkanes of at least 4 members (excludes halogenated alkanes) is 7. The predicted octanol–water partition coefficient (Wildman–Crippen LogP) is 11.0. The average Bonchev–Trinajstić information content (AvgIpc) is 2.91. The van der Waals surface area contributed by atoms with E-state index in [0.29, 0.717) is 6.42 Å². The van der Waals surface area contributed by atoms with Crippen molar-refractivity contribution < 1.29 is 84.1 Å². The normalized spacial score (nSPS) is 14.5. The van der Waals surface area contributed by atoms with Crippen molar-refractivity contribution in [1.82, 2.24) is 0 Å². The van der Waals surface area contributed by atoms with Gasteiger partial charge in [-0.15, -0.1) is 0 Å². The SMILES string of the molecule is CCCCCCCCCCOc1ccc(OCCC(F)(F)C(F)(F)C(F)(F)C(F)(F)C(F)(F)C(F)(F)C(F)(F)C(F)(F)F)cc1. The van der Waals surface area contributed by atoms with E-state index in [1.54, 1.807) is 0 Å². The lowest BCUT2D eigenvalue weighted by Crippen LogP contribution is -2.74. The lowest BCUT2D eigenvalue weighted by molar-refractivity contribution is -0.461. The highest BCUT2D eigenvalue weighted by molar-refractivity contribution is 5.31. The summed E-state index contributed by atoms with van der Waals surface area (Å²) < 4.78 is 237.